The van der Waals surface area contributed by atoms with Crippen molar-refractivity contribution in [3.63, 3.8) is 0 Å². The van der Waals surface area contributed by atoms with E-state index in [0.717, 1.165) is 46.7 Å². The Morgan fingerprint density at radius 3 is 2.76 bits per heavy atom. The normalized spacial score (nSPS) is 11.2. The molecule has 3 rings (SSSR count). The first-order valence-corrected chi connectivity index (χ1v) is 10.8. The topological polar surface area (TPSA) is 30.7 Å². The van der Waals surface area contributed by atoms with Crippen molar-refractivity contribution in [2.24, 2.45) is 0 Å². The molecule has 0 unspecified atom stereocenters. The van der Waals surface area contributed by atoms with E-state index in [-0.39, 0.29) is 0 Å². The van der Waals surface area contributed by atoms with Gasteiger partial charge in [-0.25, -0.2) is 0 Å². The molecule has 0 radical (unpaired) electrons. The summed E-state index contributed by atoms with van der Waals surface area (Å²) >= 11 is 9.78. The number of halogens is 1. The van der Waals surface area contributed by atoms with Crippen LogP contribution in [0.5, 0.6) is 0 Å². The number of aromatic nitrogens is 3. The molecule has 0 aliphatic carbocycles. The number of aryl methyl sites for hydroxylation is 1. The van der Waals surface area contributed by atoms with Gasteiger partial charge < -0.3 is 4.57 Å². The lowest BCUT2D eigenvalue weighted by Crippen LogP contribution is -2.01. The summed E-state index contributed by atoms with van der Waals surface area (Å²) in [7, 11) is 0. The SMILES string of the molecule is CCCc1cc(-c2nnc(SCc3ccccc3Cl)n2CCC)cs1. The fourth-order valence-corrected chi connectivity index (χ4v) is 4.89. The molecule has 0 amide bonds. The molecule has 0 bridgehead atoms. The van der Waals surface area contributed by atoms with Crippen LogP contribution in [0.4, 0.5) is 0 Å². The van der Waals surface area contributed by atoms with Crippen molar-refractivity contribution in [3.8, 4) is 11.4 Å². The fraction of sp³-hybridized carbons (Fsp3) is 0.368. The summed E-state index contributed by atoms with van der Waals surface area (Å²) in [6.07, 6.45) is 3.35. The highest BCUT2D eigenvalue weighted by atomic mass is 35.5. The Bertz CT molecular complexity index is 826. The Balaban J connectivity index is 1.82. The van der Waals surface area contributed by atoms with Crippen molar-refractivity contribution in [1.82, 2.24) is 14.8 Å². The molecule has 0 aliphatic heterocycles. The predicted octanol–water partition coefficient (Wildman–Crippen LogP) is 6.31. The summed E-state index contributed by atoms with van der Waals surface area (Å²) in [6.45, 7) is 5.32. The van der Waals surface area contributed by atoms with Gasteiger partial charge in [-0.3, -0.25) is 0 Å². The van der Waals surface area contributed by atoms with E-state index in [2.05, 4.69) is 46.1 Å². The summed E-state index contributed by atoms with van der Waals surface area (Å²) in [5.41, 5.74) is 2.31. The molecule has 3 aromatic rings. The van der Waals surface area contributed by atoms with Crippen LogP contribution in [0.2, 0.25) is 5.02 Å². The van der Waals surface area contributed by atoms with Gasteiger partial charge in [0.15, 0.2) is 11.0 Å². The number of hydrogen-bond donors (Lipinski definition) is 0. The van der Waals surface area contributed by atoms with Gasteiger partial charge in [0.05, 0.1) is 0 Å². The number of thioether (sulfide) groups is 1. The highest BCUT2D eigenvalue weighted by Gasteiger charge is 2.15. The van der Waals surface area contributed by atoms with E-state index in [4.69, 9.17) is 11.6 Å². The third-order valence-electron chi connectivity index (χ3n) is 3.89. The maximum Gasteiger partial charge on any atom is 0.191 e. The van der Waals surface area contributed by atoms with Crippen molar-refractivity contribution in [3.05, 3.63) is 51.2 Å². The van der Waals surface area contributed by atoms with Crippen LogP contribution < -0.4 is 0 Å². The Kier molecular flexibility index (Phi) is 6.57. The minimum absolute atomic E-state index is 0.798. The van der Waals surface area contributed by atoms with Crippen LogP contribution in [0.1, 0.15) is 37.1 Å². The Morgan fingerprint density at radius 1 is 1.16 bits per heavy atom. The van der Waals surface area contributed by atoms with Gasteiger partial charge in [-0.15, -0.1) is 21.5 Å². The largest absolute Gasteiger partial charge is 0.302 e. The van der Waals surface area contributed by atoms with E-state index < -0.39 is 0 Å². The molecule has 3 nitrogen and oxygen atoms in total. The second-order valence-electron chi connectivity index (χ2n) is 5.89. The predicted molar refractivity (Wildman–Crippen MR) is 109 cm³/mol. The van der Waals surface area contributed by atoms with Crippen molar-refractivity contribution in [1.29, 1.82) is 0 Å². The van der Waals surface area contributed by atoms with E-state index in [1.165, 1.54) is 16.9 Å². The van der Waals surface area contributed by atoms with Gasteiger partial charge >= 0.3 is 0 Å². The van der Waals surface area contributed by atoms with Crippen LogP contribution in [-0.4, -0.2) is 14.8 Å². The maximum absolute atomic E-state index is 6.27. The lowest BCUT2D eigenvalue weighted by atomic mass is 10.2. The molecule has 2 heterocycles. The fourth-order valence-electron chi connectivity index (χ4n) is 2.67. The van der Waals surface area contributed by atoms with Crippen LogP contribution in [0, 0.1) is 0 Å². The highest BCUT2D eigenvalue weighted by molar-refractivity contribution is 7.98. The van der Waals surface area contributed by atoms with Crippen LogP contribution >= 0.6 is 34.7 Å². The maximum atomic E-state index is 6.27. The van der Waals surface area contributed by atoms with Crippen LogP contribution in [0.15, 0.2) is 40.9 Å². The first-order chi connectivity index (χ1) is 12.2. The molecule has 25 heavy (non-hydrogen) atoms. The monoisotopic (exact) mass is 391 g/mol. The van der Waals surface area contributed by atoms with Crippen LogP contribution in [0.25, 0.3) is 11.4 Å². The second kappa shape index (κ2) is 8.88. The molecule has 2 aromatic heterocycles. The van der Waals surface area contributed by atoms with Crippen molar-refractivity contribution in [2.75, 3.05) is 0 Å². The molecule has 1 aromatic carbocycles. The Labute approximate surface area is 162 Å². The van der Waals surface area contributed by atoms with Gasteiger partial charge in [0.25, 0.3) is 0 Å². The second-order valence-corrected chi connectivity index (χ2v) is 8.24. The third kappa shape index (κ3) is 4.46. The van der Waals surface area contributed by atoms with Gasteiger partial charge in [0.1, 0.15) is 0 Å². The van der Waals surface area contributed by atoms with Gasteiger partial charge in [-0.1, -0.05) is 61.8 Å². The van der Waals surface area contributed by atoms with Gasteiger partial charge in [0.2, 0.25) is 0 Å². The first-order valence-electron chi connectivity index (χ1n) is 8.60. The molecule has 0 N–H and O–H groups in total. The molecule has 0 atom stereocenters. The molecule has 6 heteroatoms. The lowest BCUT2D eigenvalue weighted by Gasteiger charge is -2.08. The van der Waals surface area contributed by atoms with E-state index in [1.807, 2.05) is 29.5 Å². The quantitative estimate of drug-likeness (QED) is 0.421. The zero-order valence-electron chi connectivity index (χ0n) is 14.5. The van der Waals surface area contributed by atoms with Gasteiger partial charge in [0, 0.05) is 33.1 Å². The van der Waals surface area contributed by atoms with E-state index >= 15 is 0 Å². The van der Waals surface area contributed by atoms with E-state index in [1.54, 1.807) is 11.8 Å². The third-order valence-corrected chi connectivity index (χ3v) is 6.27. The zero-order valence-corrected chi connectivity index (χ0v) is 16.9. The van der Waals surface area contributed by atoms with E-state index in [0.29, 0.717) is 0 Å². The zero-order chi connectivity index (χ0) is 17.6. The number of benzene rings is 1. The summed E-state index contributed by atoms with van der Waals surface area (Å²) in [4.78, 5) is 1.41. The average Bonchev–Trinajstić information content (AvgIpc) is 3.22. The molecule has 0 aliphatic rings. The summed E-state index contributed by atoms with van der Waals surface area (Å²) in [5.74, 6) is 1.77. The molecule has 0 saturated carbocycles. The minimum atomic E-state index is 0.798. The number of nitrogens with zero attached hydrogens (tertiary/aromatic N) is 3. The van der Waals surface area contributed by atoms with Crippen LogP contribution in [-0.2, 0) is 18.7 Å². The summed E-state index contributed by atoms with van der Waals surface area (Å²) in [5, 5.41) is 12.9. The van der Waals surface area contributed by atoms with Crippen molar-refractivity contribution in [2.45, 2.75) is 50.6 Å². The number of thiophene rings is 1. The standard InChI is InChI=1S/C19H22ClN3S2/c1-3-7-16-11-15(13-24-16)18-21-22-19(23(18)10-4-2)25-12-14-8-5-6-9-17(14)20/h5-6,8-9,11,13H,3-4,7,10,12H2,1-2H3. The average molecular weight is 392 g/mol. The van der Waals surface area contributed by atoms with Gasteiger partial charge in [-0.2, -0.15) is 0 Å². The van der Waals surface area contributed by atoms with Crippen molar-refractivity contribution < 1.29 is 0 Å². The summed E-state index contributed by atoms with van der Waals surface area (Å²) < 4.78 is 2.24. The van der Waals surface area contributed by atoms with Gasteiger partial charge in [-0.05, 0) is 30.5 Å². The first kappa shape index (κ1) is 18.5. The van der Waals surface area contributed by atoms with E-state index in [9.17, 15) is 0 Å². The molecule has 0 fully saturated rings. The molecular weight excluding hydrogens is 370 g/mol. The smallest absolute Gasteiger partial charge is 0.191 e. The molecule has 0 spiro atoms. The molecular formula is C19H22ClN3S2. The summed E-state index contributed by atoms with van der Waals surface area (Å²) in [6, 6.07) is 10.2. The number of rotatable bonds is 8. The molecule has 0 saturated heterocycles. The van der Waals surface area contributed by atoms with Crippen molar-refractivity contribution >= 4 is 34.7 Å². The van der Waals surface area contributed by atoms with Crippen LogP contribution in [0.3, 0.4) is 0 Å². The minimum Gasteiger partial charge on any atom is -0.302 e. The number of hydrogen-bond acceptors (Lipinski definition) is 4. The molecule has 132 valence electrons. The Hall–Kier alpha value is -1.30. The highest BCUT2D eigenvalue weighted by Crippen LogP contribution is 2.31. The lowest BCUT2D eigenvalue weighted by molar-refractivity contribution is 0.626. The Morgan fingerprint density at radius 2 is 2.00 bits per heavy atom.